The standard InChI is InChI=1S/C18H39N7O3/c19-9-7-11-22-10-5-6-12-23-17(28)15(26)14-25-16(27)8-3-1-2-4-13-24-18(20)21/h15,22,26H,1-14,19H2,(H,23,28)(H,25,27)(H4,20,21,24). The molecule has 0 aliphatic heterocycles. The summed E-state index contributed by atoms with van der Waals surface area (Å²) in [6.07, 6.45) is 5.31. The molecule has 0 aromatic rings. The van der Waals surface area contributed by atoms with E-state index in [0.29, 0.717) is 26.1 Å². The summed E-state index contributed by atoms with van der Waals surface area (Å²) in [7, 11) is 0. The van der Waals surface area contributed by atoms with Gasteiger partial charge < -0.3 is 38.3 Å². The van der Waals surface area contributed by atoms with Gasteiger partial charge in [-0.15, -0.1) is 0 Å². The summed E-state index contributed by atoms with van der Waals surface area (Å²) in [5.74, 6) is -0.534. The van der Waals surface area contributed by atoms with Gasteiger partial charge in [0.1, 0.15) is 6.10 Å². The van der Waals surface area contributed by atoms with Gasteiger partial charge in [-0.25, -0.2) is 0 Å². The minimum atomic E-state index is -1.23. The number of aliphatic hydroxyl groups is 1. The molecule has 0 rings (SSSR count). The van der Waals surface area contributed by atoms with Crippen LogP contribution in [-0.2, 0) is 9.59 Å². The Morgan fingerprint density at radius 3 is 2.29 bits per heavy atom. The number of carbonyl (C=O) groups is 2. The summed E-state index contributed by atoms with van der Waals surface area (Å²) in [5, 5.41) is 18.3. The van der Waals surface area contributed by atoms with Crippen LogP contribution in [0.2, 0.25) is 0 Å². The lowest BCUT2D eigenvalue weighted by Gasteiger charge is -2.12. The lowest BCUT2D eigenvalue weighted by Crippen LogP contribution is -2.43. The first-order valence-electron chi connectivity index (χ1n) is 10.2. The van der Waals surface area contributed by atoms with Crippen molar-refractivity contribution in [1.82, 2.24) is 16.0 Å². The van der Waals surface area contributed by atoms with Gasteiger partial charge in [-0.3, -0.25) is 14.6 Å². The molecule has 0 saturated carbocycles. The number of nitrogens with one attached hydrogen (secondary N) is 3. The number of guanidine groups is 1. The molecule has 0 fully saturated rings. The van der Waals surface area contributed by atoms with Crippen molar-refractivity contribution in [3.8, 4) is 0 Å². The highest BCUT2D eigenvalue weighted by Crippen LogP contribution is 2.03. The maximum atomic E-state index is 11.8. The number of carbonyl (C=O) groups excluding carboxylic acids is 2. The van der Waals surface area contributed by atoms with Crippen molar-refractivity contribution in [2.75, 3.05) is 39.3 Å². The molecular formula is C18H39N7O3. The normalized spacial score (nSPS) is 11.6. The first kappa shape index (κ1) is 26.1. The lowest BCUT2D eigenvalue weighted by atomic mass is 10.1. The van der Waals surface area contributed by atoms with Crippen LogP contribution in [-0.4, -0.2) is 68.3 Å². The molecule has 1 atom stereocenters. The van der Waals surface area contributed by atoms with Crippen molar-refractivity contribution in [2.45, 2.75) is 57.5 Å². The van der Waals surface area contributed by atoms with Gasteiger partial charge in [-0.2, -0.15) is 0 Å². The third-order valence-electron chi connectivity index (χ3n) is 4.04. The molecule has 0 radical (unpaired) electrons. The van der Waals surface area contributed by atoms with Crippen molar-refractivity contribution in [1.29, 1.82) is 0 Å². The first-order chi connectivity index (χ1) is 13.5. The number of hydrogen-bond donors (Lipinski definition) is 7. The van der Waals surface area contributed by atoms with E-state index in [2.05, 4.69) is 20.9 Å². The van der Waals surface area contributed by atoms with Gasteiger partial charge in [0, 0.05) is 19.5 Å². The minimum absolute atomic E-state index is 0.0736. The maximum absolute atomic E-state index is 11.8. The van der Waals surface area contributed by atoms with Crippen molar-refractivity contribution < 1.29 is 14.7 Å². The summed E-state index contributed by atoms with van der Waals surface area (Å²) in [6, 6.07) is 0. The minimum Gasteiger partial charge on any atom is -0.381 e. The molecule has 0 saturated heterocycles. The second-order valence-corrected chi connectivity index (χ2v) is 6.68. The van der Waals surface area contributed by atoms with Gasteiger partial charge >= 0.3 is 0 Å². The average Bonchev–Trinajstić information content (AvgIpc) is 2.66. The van der Waals surface area contributed by atoms with Gasteiger partial charge in [0.05, 0.1) is 6.54 Å². The highest BCUT2D eigenvalue weighted by atomic mass is 16.3. The van der Waals surface area contributed by atoms with E-state index < -0.39 is 12.0 Å². The molecule has 164 valence electrons. The number of aliphatic imine (C=N–C) groups is 1. The molecule has 10 nitrogen and oxygen atoms in total. The van der Waals surface area contributed by atoms with Gasteiger partial charge in [0.15, 0.2) is 5.96 Å². The Kier molecular flexibility index (Phi) is 17.2. The zero-order valence-electron chi connectivity index (χ0n) is 16.9. The van der Waals surface area contributed by atoms with E-state index in [1.54, 1.807) is 0 Å². The van der Waals surface area contributed by atoms with Crippen LogP contribution in [0.3, 0.4) is 0 Å². The highest BCUT2D eigenvalue weighted by Gasteiger charge is 2.15. The molecule has 0 aromatic carbocycles. The topological polar surface area (TPSA) is 181 Å². The molecule has 0 heterocycles. The third kappa shape index (κ3) is 17.5. The fraction of sp³-hybridized carbons (Fsp3) is 0.833. The van der Waals surface area contributed by atoms with Crippen LogP contribution in [0.15, 0.2) is 4.99 Å². The Bertz CT molecular complexity index is 443. The molecule has 0 spiro atoms. The van der Waals surface area contributed by atoms with Gasteiger partial charge in [0.25, 0.3) is 5.91 Å². The summed E-state index contributed by atoms with van der Waals surface area (Å²) in [6.45, 7) is 3.48. The van der Waals surface area contributed by atoms with Gasteiger partial charge in [0.2, 0.25) is 5.91 Å². The van der Waals surface area contributed by atoms with Crippen molar-refractivity contribution >= 4 is 17.8 Å². The van der Waals surface area contributed by atoms with Gasteiger partial charge in [-0.1, -0.05) is 12.8 Å². The largest absolute Gasteiger partial charge is 0.381 e. The van der Waals surface area contributed by atoms with Crippen LogP contribution in [0, 0.1) is 0 Å². The van der Waals surface area contributed by atoms with Crippen molar-refractivity contribution in [3.05, 3.63) is 0 Å². The van der Waals surface area contributed by atoms with Crippen LogP contribution in [0.5, 0.6) is 0 Å². The Balaban J connectivity index is 3.56. The molecule has 0 aliphatic carbocycles. The number of hydrogen-bond acceptors (Lipinski definition) is 6. The number of unbranched alkanes of at least 4 members (excludes halogenated alkanes) is 4. The number of nitrogens with two attached hydrogens (primary N) is 3. The number of rotatable bonds is 18. The van der Waals surface area contributed by atoms with E-state index in [-0.39, 0.29) is 18.4 Å². The second-order valence-electron chi connectivity index (χ2n) is 6.68. The molecule has 1 unspecified atom stereocenters. The van der Waals surface area contributed by atoms with E-state index in [1.165, 1.54) is 0 Å². The van der Waals surface area contributed by atoms with Crippen LogP contribution in [0.25, 0.3) is 0 Å². The predicted molar refractivity (Wildman–Crippen MR) is 112 cm³/mol. The highest BCUT2D eigenvalue weighted by molar-refractivity contribution is 5.82. The van der Waals surface area contributed by atoms with Gasteiger partial charge in [-0.05, 0) is 51.7 Å². The molecule has 10 N–H and O–H groups in total. The molecular weight excluding hydrogens is 362 g/mol. The number of amides is 2. The van der Waals surface area contributed by atoms with Crippen LogP contribution in [0.4, 0.5) is 0 Å². The first-order valence-corrected chi connectivity index (χ1v) is 10.2. The van der Waals surface area contributed by atoms with Crippen LogP contribution in [0.1, 0.15) is 51.4 Å². The number of aliphatic hydroxyl groups excluding tert-OH is 1. The molecule has 10 heteroatoms. The van der Waals surface area contributed by atoms with Crippen molar-refractivity contribution in [3.63, 3.8) is 0 Å². The Labute approximate surface area is 168 Å². The van der Waals surface area contributed by atoms with Crippen LogP contribution < -0.4 is 33.2 Å². The Hall–Kier alpha value is -1.91. The quantitative estimate of drug-likeness (QED) is 0.0830. The molecule has 0 aromatic heterocycles. The zero-order chi connectivity index (χ0) is 21.0. The summed E-state index contributed by atoms with van der Waals surface area (Å²) < 4.78 is 0. The molecule has 28 heavy (non-hydrogen) atoms. The van der Waals surface area contributed by atoms with Crippen LogP contribution >= 0.6 is 0 Å². The monoisotopic (exact) mass is 401 g/mol. The fourth-order valence-corrected chi connectivity index (χ4v) is 2.41. The van der Waals surface area contributed by atoms with E-state index in [1.807, 2.05) is 0 Å². The Morgan fingerprint density at radius 1 is 0.893 bits per heavy atom. The van der Waals surface area contributed by atoms with Crippen molar-refractivity contribution in [2.24, 2.45) is 22.2 Å². The fourth-order valence-electron chi connectivity index (χ4n) is 2.41. The van der Waals surface area contributed by atoms with E-state index >= 15 is 0 Å². The molecule has 0 bridgehead atoms. The second kappa shape index (κ2) is 18.5. The SMILES string of the molecule is NCCCNCCCCNC(=O)C(O)CNC(=O)CCCCCCN=C(N)N. The Morgan fingerprint density at radius 2 is 1.57 bits per heavy atom. The zero-order valence-corrected chi connectivity index (χ0v) is 16.9. The molecule has 0 aliphatic rings. The van der Waals surface area contributed by atoms with E-state index in [4.69, 9.17) is 17.2 Å². The summed E-state index contributed by atoms with van der Waals surface area (Å²) in [4.78, 5) is 27.4. The summed E-state index contributed by atoms with van der Waals surface area (Å²) in [5.41, 5.74) is 15.9. The third-order valence-corrected chi connectivity index (χ3v) is 4.04. The average molecular weight is 402 g/mol. The smallest absolute Gasteiger partial charge is 0.250 e. The maximum Gasteiger partial charge on any atom is 0.250 e. The number of nitrogens with zero attached hydrogens (tertiary/aromatic N) is 1. The predicted octanol–water partition coefficient (Wildman–Crippen LogP) is -1.48. The van der Waals surface area contributed by atoms with E-state index in [0.717, 1.165) is 58.0 Å². The lowest BCUT2D eigenvalue weighted by molar-refractivity contribution is -0.129. The molecule has 2 amide bonds. The van der Waals surface area contributed by atoms with E-state index in [9.17, 15) is 14.7 Å². The summed E-state index contributed by atoms with van der Waals surface area (Å²) >= 11 is 0.